The first-order valence-corrected chi connectivity index (χ1v) is 9.35. The lowest BCUT2D eigenvalue weighted by Gasteiger charge is -2.25. The third-order valence-corrected chi connectivity index (χ3v) is 6.69. The number of halogens is 3. The van der Waals surface area contributed by atoms with Crippen LogP contribution in [0.25, 0.3) is 0 Å². The molecule has 22 heavy (non-hydrogen) atoms. The van der Waals surface area contributed by atoms with Gasteiger partial charge in [0.25, 0.3) is 0 Å². The average Bonchev–Trinajstić information content (AvgIpc) is 2.77. The Kier molecular flexibility index (Phi) is 4.42. The number of nitrogens with two attached hydrogens (primary N) is 1. The topological polar surface area (TPSA) is 55.4 Å². The Balaban J connectivity index is 1.97. The Morgan fingerprint density at radius 1 is 1.36 bits per heavy atom. The molecule has 0 amide bonds. The molecule has 0 fully saturated rings. The monoisotopic (exact) mass is 404 g/mol. The summed E-state index contributed by atoms with van der Waals surface area (Å²) in [5.74, 6) is -0.507. The molecule has 0 saturated carbocycles. The third kappa shape index (κ3) is 3.00. The highest BCUT2D eigenvalue weighted by atomic mass is 79.9. The SMILES string of the molecule is NC1=NC(c2sc(Br)cc2F)CS(=O)C1c1cccc(F)c1. The fourth-order valence-corrected chi connectivity index (χ4v) is 5.53. The molecule has 2 heterocycles. The minimum Gasteiger partial charge on any atom is -0.386 e. The smallest absolute Gasteiger partial charge is 0.140 e. The van der Waals surface area contributed by atoms with Gasteiger partial charge < -0.3 is 5.73 Å². The van der Waals surface area contributed by atoms with Gasteiger partial charge in [-0.25, -0.2) is 8.78 Å². The molecular weight excluding hydrogens is 394 g/mol. The lowest BCUT2D eigenvalue weighted by Crippen LogP contribution is -2.33. The van der Waals surface area contributed by atoms with Gasteiger partial charge in [-0.1, -0.05) is 12.1 Å². The first-order chi connectivity index (χ1) is 10.5. The van der Waals surface area contributed by atoms with E-state index in [1.165, 1.54) is 35.6 Å². The van der Waals surface area contributed by atoms with Gasteiger partial charge in [0.15, 0.2) is 0 Å². The Labute approximate surface area is 140 Å². The van der Waals surface area contributed by atoms with Crippen LogP contribution >= 0.6 is 27.3 Å². The summed E-state index contributed by atoms with van der Waals surface area (Å²) in [6, 6.07) is 6.60. The predicted octanol–water partition coefficient (Wildman–Crippen LogP) is 3.69. The third-order valence-electron chi connectivity index (χ3n) is 3.30. The van der Waals surface area contributed by atoms with Crippen molar-refractivity contribution >= 4 is 43.9 Å². The van der Waals surface area contributed by atoms with Gasteiger partial charge in [0.05, 0.1) is 14.4 Å². The second kappa shape index (κ2) is 6.17. The Hall–Kier alpha value is -1.12. The summed E-state index contributed by atoms with van der Waals surface area (Å²) in [6.45, 7) is 0. The van der Waals surface area contributed by atoms with E-state index >= 15 is 0 Å². The van der Waals surface area contributed by atoms with Crippen LogP contribution in [0.15, 0.2) is 39.1 Å². The minimum atomic E-state index is -1.39. The largest absolute Gasteiger partial charge is 0.386 e. The molecule has 8 heteroatoms. The maximum atomic E-state index is 13.8. The van der Waals surface area contributed by atoms with Crippen LogP contribution in [0.1, 0.15) is 21.7 Å². The zero-order valence-electron chi connectivity index (χ0n) is 11.1. The normalized spacial score (nSPS) is 25.0. The van der Waals surface area contributed by atoms with Crippen LogP contribution in [-0.4, -0.2) is 15.8 Å². The van der Waals surface area contributed by atoms with E-state index in [1.54, 1.807) is 6.07 Å². The molecule has 0 saturated heterocycles. The van der Waals surface area contributed by atoms with E-state index in [4.69, 9.17) is 5.73 Å². The van der Waals surface area contributed by atoms with E-state index in [1.807, 2.05) is 0 Å². The number of hydrogen-bond acceptors (Lipinski definition) is 4. The summed E-state index contributed by atoms with van der Waals surface area (Å²) in [7, 11) is -1.39. The molecule has 3 rings (SSSR count). The fraction of sp³-hybridized carbons (Fsp3) is 0.214. The van der Waals surface area contributed by atoms with Gasteiger partial charge in [-0.3, -0.25) is 9.20 Å². The average molecular weight is 405 g/mol. The molecule has 0 aliphatic carbocycles. The molecule has 3 unspecified atom stereocenters. The summed E-state index contributed by atoms with van der Waals surface area (Å²) in [5.41, 5.74) is 6.46. The second-order valence-electron chi connectivity index (χ2n) is 4.81. The molecule has 1 aliphatic rings. The highest BCUT2D eigenvalue weighted by molar-refractivity contribution is 9.11. The quantitative estimate of drug-likeness (QED) is 0.829. The van der Waals surface area contributed by atoms with E-state index < -0.39 is 27.9 Å². The highest BCUT2D eigenvalue weighted by Crippen LogP contribution is 2.37. The summed E-state index contributed by atoms with van der Waals surface area (Å²) in [5, 5.41) is -0.654. The van der Waals surface area contributed by atoms with Crippen molar-refractivity contribution in [2.75, 3.05) is 5.75 Å². The van der Waals surface area contributed by atoms with Gasteiger partial charge in [-0.2, -0.15) is 0 Å². The van der Waals surface area contributed by atoms with Crippen molar-refractivity contribution in [1.29, 1.82) is 0 Å². The summed E-state index contributed by atoms with van der Waals surface area (Å²) >= 11 is 4.43. The fourth-order valence-electron chi connectivity index (χ4n) is 2.38. The molecule has 1 aromatic heterocycles. The first-order valence-electron chi connectivity index (χ1n) is 6.36. The molecule has 2 aromatic rings. The van der Waals surface area contributed by atoms with Crippen molar-refractivity contribution in [1.82, 2.24) is 0 Å². The predicted molar refractivity (Wildman–Crippen MR) is 88.5 cm³/mol. The van der Waals surface area contributed by atoms with E-state index in [0.717, 1.165) is 0 Å². The van der Waals surface area contributed by atoms with Gasteiger partial charge >= 0.3 is 0 Å². The van der Waals surface area contributed by atoms with Gasteiger partial charge in [0.2, 0.25) is 0 Å². The zero-order chi connectivity index (χ0) is 15.9. The number of nitrogens with zero attached hydrogens (tertiary/aromatic N) is 1. The molecule has 1 aliphatic heterocycles. The number of benzene rings is 1. The molecule has 0 radical (unpaired) electrons. The van der Waals surface area contributed by atoms with Gasteiger partial charge in [-0.15, -0.1) is 11.3 Å². The van der Waals surface area contributed by atoms with Crippen molar-refractivity contribution < 1.29 is 13.0 Å². The van der Waals surface area contributed by atoms with Gasteiger partial charge in [-0.05, 0) is 39.7 Å². The minimum absolute atomic E-state index is 0.143. The van der Waals surface area contributed by atoms with Crippen molar-refractivity contribution in [3.63, 3.8) is 0 Å². The zero-order valence-corrected chi connectivity index (χ0v) is 14.4. The molecular formula is C14H11BrF2N2OS2. The Morgan fingerprint density at radius 2 is 2.14 bits per heavy atom. The maximum absolute atomic E-state index is 13.8. The Morgan fingerprint density at radius 3 is 2.73 bits per heavy atom. The van der Waals surface area contributed by atoms with Crippen LogP contribution in [0.5, 0.6) is 0 Å². The maximum Gasteiger partial charge on any atom is 0.140 e. The molecule has 116 valence electrons. The molecule has 3 atom stereocenters. The number of thiophene rings is 1. The van der Waals surface area contributed by atoms with Crippen molar-refractivity contribution in [2.24, 2.45) is 10.7 Å². The second-order valence-corrected chi connectivity index (χ2v) is 8.84. The standard InChI is InChI=1S/C14H11BrF2N2OS2/c15-11-5-9(17)12(21-11)10-6-22(20)13(14(18)19-10)7-2-1-3-8(16)4-7/h1-5,10,13H,6H2,(H2,18,19). The van der Waals surface area contributed by atoms with E-state index in [-0.39, 0.29) is 17.4 Å². The van der Waals surface area contributed by atoms with Crippen molar-refractivity contribution in [2.45, 2.75) is 11.3 Å². The molecule has 3 nitrogen and oxygen atoms in total. The van der Waals surface area contributed by atoms with Crippen LogP contribution in [0.3, 0.4) is 0 Å². The van der Waals surface area contributed by atoms with E-state index in [0.29, 0.717) is 14.2 Å². The Bertz CT molecular complexity index is 778. The number of amidine groups is 1. The number of aliphatic imine (C=N–C) groups is 1. The van der Waals surface area contributed by atoms with Crippen molar-refractivity contribution in [3.05, 3.63) is 56.2 Å². The highest BCUT2D eigenvalue weighted by Gasteiger charge is 2.33. The van der Waals surface area contributed by atoms with Crippen LogP contribution in [0.2, 0.25) is 0 Å². The number of hydrogen-bond donors (Lipinski definition) is 1. The van der Waals surface area contributed by atoms with Crippen molar-refractivity contribution in [3.8, 4) is 0 Å². The van der Waals surface area contributed by atoms with E-state index in [9.17, 15) is 13.0 Å². The molecule has 0 bridgehead atoms. The summed E-state index contributed by atoms with van der Waals surface area (Å²) < 4.78 is 40.3. The summed E-state index contributed by atoms with van der Waals surface area (Å²) in [4.78, 5) is 4.70. The molecule has 0 spiro atoms. The molecule has 1 aromatic carbocycles. The van der Waals surface area contributed by atoms with E-state index in [2.05, 4.69) is 20.9 Å². The first kappa shape index (κ1) is 15.8. The lowest BCUT2D eigenvalue weighted by molar-refractivity contribution is 0.601. The number of rotatable bonds is 2. The summed E-state index contributed by atoms with van der Waals surface area (Å²) in [6.07, 6.45) is 0. The van der Waals surface area contributed by atoms with Crippen LogP contribution < -0.4 is 5.73 Å². The van der Waals surface area contributed by atoms with Gasteiger partial charge in [0, 0.05) is 10.8 Å². The van der Waals surface area contributed by atoms with Crippen LogP contribution in [-0.2, 0) is 10.8 Å². The van der Waals surface area contributed by atoms with Gasteiger partial charge in [0.1, 0.15) is 28.8 Å². The lowest BCUT2D eigenvalue weighted by atomic mass is 10.1. The van der Waals surface area contributed by atoms with Crippen LogP contribution in [0.4, 0.5) is 8.78 Å². The molecule has 2 N–H and O–H groups in total. The van der Waals surface area contributed by atoms with Crippen LogP contribution in [0, 0.1) is 11.6 Å².